The number of rotatable bonds is 7. The van der Waals surface area contributed by atoms with Crippen LogP contribution in [0.4, 0.5) is 16.3 Å². The van der Waals surface area contributed by atoms with Gasteiger partial charge >= 0.3 is 6.09 Å². The van der Waals surface area contributed by atoms with Gasteiger partial charge in [0.25, 0.3) is 0 Å². The van der Waals surface area contributed by atoms with Crippen LogP contribution in [0, 0.1) is 6.92 Å². The highest BCUT2D eigenvalue weighted by molar-refractivity contribution is 6.31. The standard InChI is InChI=1S/C30H29Cl2N5O3/c1-19-16-29(34)35-37(19)14-15-39-24-7-2-20(3-8-24)28-17-21(26-18-23(32)6-11-27(26)33)12-13-36(28)30(38)40-25-9-4-22(31)5-10-25/h2-11,16-18,28H,12-15,33H2,1H3,(H2,34,35). The lowest BCUT2D eigenvalue weighted by atomic mass is 9.91. The smallest absolute Gasteiger partial charge is 0.416 e. The number of carbonyl (C=O) groups excluding carboxylic acids is 1. The van der Waals surface area contributed by atoms with Gasteiger partial charge in [0.05, 0.1) is 12.6 Å². The molecule has 1 atom stereocenters. The van der Waals surface area contributed by atoms with Crippen LogP contribution in [0.1, 0.15) is 29.3 Å². The minimum atomic E-state index is -0.462. The molecule has 1 amide bonds. The quantitative estimate of drug-likeness (QED) is 0.234. The average Bonchev–Trinajstić information content (AvgIpc) is 3.27. The summed E-state index contributed by atoms with van der Waals surface area (Å²) < 4.78 is 13.4. The molecule has 206 valence electrons. The van der Waals surface area contributed by atoms with E-state index in [1.54, 1.807) is 41.3 Å². The van der Waals surface area contributed by atoms with Crippen LogP contribution in [0.5, 0.6) is 11.5 Å². The molecule has 0 radical (unpaired) electrons. The first-order chi connectivity index (χ1) is 19.3. The van der Waals surface area contributed by atoms with Gasteiger partial charge in [0.2, 0.25) is 0 Å². The Labute approximate surface area is 242 Å². The maximum Gasteiger partial charge on any atom is 0.416 e. The van der Waals surface area contributed by atoms with Gasteiger partial charge in [0.1, 0.15) is 23.9 Å². The topological polar surface area (TPSA) is 109 Å². The van der Waals surface area contributed by atoms with Crippen molar-refractivity contribution in [2.75, 3.05) is 24.6 Å². The first-order valence-corrected chi connectivity index (χ1v) is 13.6. The number of nitrogens with two attached hydrogens (primary N) is 2. The molecule has 8 nitrogen and oxygen atoms in total. The fourth-order valence-corrected chi connectivity index (χ4v) is 4.99. The lowest BCUT2D eigenvalue weighted by molar-refractivity contribution is 0.140. The third-order valence-electron chi connectivity index (χ3n) is 6.73. The van der Waals surface area contributed by atoms with Crippen molar-refractivity contribution >= 4 is 46.4 Å². The lowest BCUT2D eigenvalue weighted by Gasteiger charge is -2.34. The summed E-state index contributed by atoms with van der Waals surface area (Å²) in [5.41, 5.74) is 16.4. The highest BCUT2D eigenvalue weighted by Gasteiger charge is 2.30. The van der Waals surface area contributed by atoms with Gasteiger partial charge in [0.15, 0.2) is 0 Å². The molecule has 4 aromatic rings. The number of hydrogen-bond acceptors (Lipinski definition) is 6. The number of anilines is 2. The molecule has 5 rings (SSSR count). The SMILES string of the molecule is Cc1cc(N)nn1CCOc1ccc(C2C=C(c3cc(Cl)ccc3N)CCN2C(=O)Oc2ccc(Cl)cc2)cc1. The van der Waals surface area contributed by atoms with Crippen LogP contribution in [0.3, 0.4) is 0 Å². The van der Waals surface area contributed by atoms with E-state index in [2.05, 4.69) is 5.10 Å². The van der Waals surface area contributed by atoms with E-state index in [0.717, 1.165) is 22.4 Å². The molecule has 1 aliphatic heterocycles. The Hall–Kier alpha value is -4.14. The zero-order valence-electron chi connectivity index (χ0n) is 21.9. The molecule has 0 aliphatic carbocycles. The number of aromatic nitrogens is 2. The van der Waals surface area contributed by atoms with Gasteiger partial charge < -0.3 is 20.9 Å². The van der Waals surface area contributed by atoms with E-state index >= 15 is 0 Å². The van der Waals surface area contributed by atoms with E-state index in [1.165, 1.54) is 0 Å². The van der Waals surface area contributed by atoms with E-state index in [4.69, 9.17) is 44.1 Å². The second-order valence-electron chi connectivity index (χ2n) is 9.48. The van der Waals surface area contributed by atoms with Crippen molar-refractivity contribution in [3.8, 4) is 11.5 Å². The summed E-state index contributed by atoms with van der Waals surface area (Å²) in [5.74, 6) is 1.61. The lowest BCUT2D eigenvalue weighted by Crippen LogP contribution is -2.39. The molecule has 2 heterocycles. The number of amides is 1. The van der Waals surface area contributed by atoms with Crippen LogP contribution >= 0.6 is 23.2 Å². The number of benzene rings is 3. The molecule has 1 aromatic heterocycles. The Morgan fingerprint density at radius 2 is 1.68 bits per heavy atom. The van der Waals surface area contributed by atoms with Crippen LogP contribution in [0.15, 0.2) is 78.9 Å². The van der Waals surface area contributed by atoms with Crippen molar-refractivity contribution in [2.45, 2.75) is 25.9 Å². The Bertz CT molecular complexity index is 1530. The molecule has 1 unspecified atom stereocenters. The summed E-state index contributed by atoms with van der Waals surface area (Å²) in [6, 6.07) is 21.2. The Kier molecular flexibility index (Phi) is 8.19. The first kappa shape index (κ1) is 27.4. The molecule has 0 saturated carbocycles. The highest BCUT2D eigenvalue weighted by atomic mass is 35.5. The molecular formula is C30H29Cl2N5O3. The number of halogens is 2. The summed E-state index contributed by atoms with van der Waals surface area (Å²) >= 11 is 12.3. The fourth-order valence-electron chi connectivity index (χ4n) is 4.69. The van der Waals surface area contributed by atoms with Crippen LogP contribution in [0.2, 0.25) is 10.0 Å². The first-order valence-electron chi connectivity index (χ1n) is 12.8. The number of hydrogen-bond donors (Lipinski definition) is 2. The van der Waals surface area contributed by atoms with Crippen LogP contribution in [0.25, 0.3) is 5.57 Å². The molecule has 0 saturated heterocycles. The summed E-state index contributed by atoms with van der Waals surface area (Å²) in [6.45, 7) is 3.39. The Morgan fingerprint density at radius 3 is 2.38 bits per heavy atom. The van der Waals surface area contributed by atoms with Crippen molar-refractivity contribution in [2.24, 2.45) is 0 Å². The van der Waals surface area contributed by atoms with Crippen molar-refractivity contribution in [1.29, 1.82) is 0 Å². The molecule has 10 heteroatoms. The zero-order chi connectivity index (χ0) is 28.2. The minimum absolute atomic E-state index is 0.398. The molecule has 0 spiro atoms. The number of ether oxygens (including phenoxy) is 2. The number of aryl methyl sites for hydroxylation is 1. The highest BCUT2D eigenvalue weighted by Crippen LogP contribution is 2.37. The monoisotopic (exact) mass is 577 g/mol. The molecular weight excluding hydrogens is 549 g/mol. The maximum absolute atomic E-state index is 13.3. The predicted octanol–water partition coefficient (Wildman–Crippen LogP) is 6.77. The number of carbonyl (C=O) groups is 1. The predicted molar refractivity (Wildman–Crippen MR) is 159 cm³/mol. The van der Waals surface area contributed by atoms with Gasteiger partial charge in [-0.15, -0.1) is 0 Å². The van der Waals surface area contributed by atoms with E-state index in [9.17, 15) is 4.79 Å². The van der Waals surface area contributed by atoms with Crippen LogP contribution in [-0.4, -0.2) is 33.9 Å². The van der Waals surface area contributed by atoms with Crippen molar-refractivity contribution in [1.82, 2.24) is 14.7 Å². The normalized spacial score (nSPS) is 15.0. The van der Waals surface area contributed by atoms with Gasteiger partial charge in [-0.3, -0.25) is 9.58 Å². The number of nitrogens with zero attached hydrogens (tertiary/aromatic N) is 3. The molecule has 4 N–H and O–H groups in total. The van der Waals surface area contributed by atoms with E-state index < -0.39 is 12.1 Å². The summed E-state index contributed by atoms with van der Waals surface area (Å²) in [5, 5.41) is 5.42. The van der Waals surface area contributed by atoms with Gasteiger partial charge in [-0.2, -0.15) is 5.10 Å². The second kappa shape index (κ2) is 11.9. The maximum atomic E-state index is 13.3. The van der Waals surface area contributed by atoms with E-state index in [1.807, 2.05) is 54.1 Å². The Morgan fingerprint density at radius 1 is 0.975 bits per heavy atom. The summed E-state index contributed by atoms with van der Waals surface area (Å²) in [4.78, 5) is 15.0. The average molecular weight is 579 g/mol. The summed E-state index contributed by atoms with van der Waals surface area (Å²) in [7, 11) is 0. The van der Waals surface area contributed by atoms with Gasteiger partial charge in [0, 0.05) is 39.6 Å². The van der Waals surface area contributed by atoms with Crippen LogP contribution in [-0.2, 0) is 6.54 Å². The van der Waals surface area contributed by atoms with Crippen molar-refractivity contribution in [3.63, 3.8) is 0 Å². The molecule has 3 aromatic carbocycles. The third-order valence-corrected chi connectivity index (χ3v) is 7.21. The molecule has 1 aliphatic rings. The molecule has 0 bridgehead atoms. The van der Waals surface area contributed by atoms with Gasteiger partial charge in [-0.25, -0.2) is 4.79 Å². The Balaban J connectivity index is 1.37. The van der Waals surface area contributed by atoms with Gasteiger partial charge in [-0.1, -0.05) is 41.4 Å². The van der Waals surface area contributed by atoms with E-state index in [0.29, 0.717) is 59.2 Å². The molecule has 0 fully saturated rings. The molecule has 40 heavy (non-hydrogen) atoms. The van der Waals surface area contributed by atoms with Gasteiger partial charge in [-0.05, 0) is 79.1 Å². The number of nitrogen functional groups attached to an aromatic ring is 2. The van der Waals surface area contributed by atoms with Crippen molar-refractivity contribution < 1.29 is 14.3 Å². The van der Waals surface area contributed by atoms with Crippen molar-refractivity contribution in [3.05, 3.63) is 106 Å². The fraction of sp³-hybridized carbons (Fsp3) is 0.200. The second-order valence-corrected chi connectivity index (χ2v) is 10.4. The summed E-state index contributed by atoms with van der Waals surface area (Å²) in [6.07, 6.45) is 2.17. The largest absolute Gasteiger partial charge is 0.492 e. The zero-order valence-corrected chi connectivity index (χ0v) is 23.4. The minimum Gasteiger partial charge on any atom is -0.492 e. The van der Waals surface area contributed by atoms with E-state index in [-0.39, 0.29) is 0 Å². The third kappa shape index (κ3) is 6.35. The van der Waals surface area contributed by atoms with Crippen LogP contribution < -0.4 is 20.9 Å².